The molecule has 2 aliphatic heterocycles. The van der Waals surface area contributed by atoms with E-state index in [2.05, 4.69) is 5.32 Å². The van der Waals surface area contributed by atoms with E-state index < -0.39 is 6.04 Å². The molecule has 0 saturated carbocycles. The van der Waals surface area contributed by atoms with E-state index in [1.54, 1.807) is 31.3 Å². The van der Waals surface area contributed by atoms with Crippen LogP contribution in [0.1, 0.15) is 40.4 Å². The highest BCUT2D eigenvalue weighted by molar-refractivity contribution is 6.04. The zero-order chi connectivity index (χ0) is 21.1. The Morgan fingerprint density at radius 3 is 2.77 bits per heavy atom. The third-order valence-corrected chi connectivity index (χ3v) is 5.67. The van der Waals surface area contributed by atoms with E-state index in [0.29, 0.717) is 23.6 Å². The Hall–Kier alpha value is -3.06. The molecule has 2 aliphatic rings. The molecule has 0 radical (unpaired) electrons. The molecule has 1 saturated heterocycles. The lowest BCUT2D eigenvalue weighted by atomic mass is 10.0. The Balaban J connectivity index is 1.60. The van der Waals surface area contributed by atoms with Gasteiger partial charge in [0.25, 0.3) is 5.91 Å². The van der Waals surface area contributed by atoms with E-state index in [1.165, 1.54) is 0 Å². The van der Waals surface area contributed by atoms with Gasteiger partial charge in [0.05, 0.1) is 26.9 Å². The molecule has 2 aromatic rings. The number of hydrogen-bond donors (Lipinski definition) is 1. The average Bonchev–Trinajstić information content (AvgIpc) is 3.39. The van der Waals surface area contributed by atoms with Gasteiger partial charge in [0.1, 0.15) is 17.5 Å². The number of hydrogen-bond acceptors (Lipinski definition) is 5. The van der Waals surface area contributed by atoms with Crippen LogP contribution in [0.3, 0.4) is 0 Å². The molecule has 0 bridgehead atoms. The van der Waals surface area contributed by atoms with Crippen LogP contribution in [0.2, 0.25) is 0 Å². The number of amides is 2. The molecule has 1 fully saturated rings. The molecule has 0 spiro atoms. The molecule has 0 aromatic heterocycles. The van der Waals surface area contributed by atoms with Crippen LogP contribution in [0.25, 0.3) is 0 Å². The molecule has 2 heterocycles. The Morgan fingerprint density at radius 1 is 1.20 bits per heavy atom. The maximum atomic E-state index is 13.2. The maximum absolute atomic E-state index is 13.2. The molecule has 7 nitrogen and oxygen atoms in total. The third-order valence-electron chi connectivity index (χ3n) is 5.67. The van der Waals surface area contributed by atoms with Crippen molar-refractivity contribution >= 4 is 11.8 Å². The van der Waals surface area contributed by atoms with Crippen molar-refractivity contribution in [1.82, 2.24) is 10.2 Å². The molecule has 7 heteroatoms. The van der Waals surface area contributed by atoms with Crippen LogP contribution in [-0.2, 0) is 16.1 Å². The van der Waals surface area contributed by atoms with Gasteiger partial charge < -0.3 is 24.4 Å². The smallest absolute Gasteiger partial charge is 0.255 e. The van der Waals surface area contributed by atoms with E-state index in [4.69, 9.17) is 14.2 Å². The summed E-state index contributed by atoms with van der Waals surface area (Å²) in [4.78, 5) is 27.9. The summed E-state index contributed by atoms with van der Waals surface area (Å²) in [5, 5.41) is 2.98. The molecular formula is C23H26N2O5. The van der Waals surface area contributed by atoms with E-state index in [9.17, 15) is 9.59 Å². The van der Waals surface area contributed by atoms with Gasteiger partial charge >= 0.3 is 0 Å². The average molecular weight is 410 g/mol. The van der Waals surface area contributed by atoms with E-state index in [-0.39, 0.29) is 24.5 Å². The fourth-order valence-corrected chi connectivity index (χ4v) is 4.10. The van der Waals surface area contributed by atoms with Crippen molar-refractivity contribution < 1.29 is 23.8 Å². The molecule has 2 aromatic carbocycles. The summed E-state index contributed by atoms with van der Waals surface area (Å²) in [7, 11) is 3.16. The number of carbonyl (C=O) groups is 2. The van der Waals surface area contributed by atoms with E-state index in [0.717, 1.165) is 30.6 Å². The van der Waals surface area contributed by atoms with Crippen molar-refractivity contribution in [3.8, 4) is 11.5 Å². The zero-order valence-corrected chi connectivity index (χ0v) is 17.2. The Bertz CT molecular complexity index is 939. The number of nitrogens with one attached hydrogen (secondary N) is 1. The molecule has 0 unspecified atom stereocenters. The first kappa shape index (κ1) is 20.2. The summed E-state index contributed by atoms with van der Waals surface area (Å²) < 4.78 is 16.4. The van der Waals surface area contributed by atoms with Crippen LogP contribution in [0, 0.1) is 0 Å². The number of ether oxygens (including phenoxy) is 3. The SMILES string of the molecule is COc1ccc(CN2C(=O)c3ccccc3[C@H]2C(=O)NC[C@@H]2CCCO2)c(OC)c1. The molecular weight excluding hydrogens is 384 g/mol. The number of nitrogens with zero attached hydrogens (tertiary/aromatic N) is 1. The van der Waals surface area contributed by atoms with Crippen molar-refractivity contribution in [2.45, 2.75) is 31.5 Å². The minimum atomic E-state index is -0.693. The second-order valence-corrected chi connectivity index (χ2v) is 7.48. The molecule has 158 valence electrons. The number of fused-ring (bicyclic) bond motifs is 1. The quantitative estimate of drug-likeness (QED) is 0.760. The normalized spacial score (nSPS) is 20.2. The van der Waals surface area contributed by atoms with Crippen molar-refractivity contribution in [1.29, 1.82) is 0 Å². The van der Waals surface area contributed by atoms with Gasteiger partial charge in [0.2, 0.25) is 5.91 Å². The summed E-state index contributed by atoms with van der Waals surface area (Å²) >= 11 is 0. The van der Waals surface area contributed by atoms with Crippen LogP contribution < -0.4 is 14.8 Å². The minimum absolute atomic E-state index is 0.0384. The fraction of sp³-hybridized carbons (Fsp3) is 0.391. The Kier molecular flexibility index (Phi) is 5.90. The van der Waals surface area contributed by atoms with Gasteiger partial charge in [-0.1, -0.05) is 18.2 Å². The Labute approximate surface area is 175 Å². The predicted octanol–water partition coefficient (Wildman–Crippen LogP) is 2.70. The van der Waals surface area contributed by atoms with Gasteiger partial charge in [-0.25, -0.2) is 0 Å². The largest absolute Gasteiger partial charge is 0.497 e. The zero-order valence-electron chi connectivity index (χ0n) is 17.2. The molecule has 1 N–H and O–H groups in total. The first-order chi connectivity index (χ1) is 14.6. The van der Waals surface area contributed by atoms with Crippen LogP contribution in [0.4, 0.5) is 0 Å². The highest BCUT2D eigenvalue weighted by Gasteiger charge is 2.41. The molecule has 0 aliphatic carbocycles. The fourth-order valence-electron chi connectivity index (χ4n) is 4.10. The lowest BCUT2D eigenvalue weighted by Crippen LogP contribution is -2.41. The van der Waals surface area contributed by atoms with E-state index in [1.807, 2.05) is 30.3 Å². The second kappa shape index (κ2) is 8.75. The van der Waals surface area contributed by atoms with Crippen LogP contribution in [0.15, 0.2) is 42.5 Å². The lowest BCUT2D eigenvalue weighted by Gasteiger charge is -2.26. The number of benzene rings is 2. The van der Waals surface area contributed by atoms with Gasteiger partial charge in [0, 0.05) is 30.3 Å². The van der Waals surface area contributed by atoms with Crippen molar-refractivity contribution in [3.05, 3.63) is 59.2 Å². The number of carbonyl (C=O) groups excluding carboxylic acids is 2. The van der Waals surface area contributed by atoms with Crippen LogP contribution >= 0.6 is 0 Å². The van der Waals surface area contributed by atoms with Crippen LogP contribution in [0.5, 0.6) is 11.5 Å². The van der Waals surface area contributed by atoms with Gasteiger partial charge in [-0.05, 0) is 36.6 Å². The van der Waals surface area contributed by atoms with Crippen molar-refractivity contribution in [3.63, 3.8) is 0 Å². The van der Waals surface area contributed by atoms with Gasteiger partial charge in [-0.15, -0.1) is 0 Å². The molecule has 30 heavy (non-hydrogen) atoms. The number of rotatable bonds is 7. The molecule has 2 atom stereocenters. The minimum Gasteiger partial charge on any atom is -0.497 e. The third kappa shape index (κ3) is 3.85. The first-order valence-corrected chi connectivity index (χ1v) is 10.1. The summed E-state index contributed by atoms with van der Waals surface area (Å²) in [6, 6.07) is 12.0. The van der Waals surface area contributed by atoms with Gasteiger partial charge in [0.15, 0.2) is 0 Å². The van der Waals surface area contributed by atoms with Crippen molar-refractivity contribution in [2.75, 3.05) is 27.4 Å². The Morgan fingerprint density at radius 2 is 2.03 bits per heavy atom. The van der Waals surface area contributed by atoms with Crippen molar-refractivity contribution in [2.24, 2.45) is 0 Å². The predicted molar refractivity (Wildman–Crippen MR) is 111 cm³/mol. The second-order valence-electron chi connectivity index (χ2n) is 7.48. The summed E-state index contributed by atoms with van der Waals surface area (Å²) in [6.07, 6.45) is 1.98. The first-order valence-electron chi connectivity index (χ1n) is 10.1. The topological polar surface area (TPSA) is 77.1 Å². The number of methoxy groups -OCH3 is 2. The monoisotopic (exact) mass is 410 g/mol. The molecule has 4 rings (SSSR count). The van der Waals surface area contributed by atoms with Gasteiger partial charge in [-0.3, -0.25) is 9.59 Å². The van der Waals surface area contributed by atoms with Gasteiger partial charge in [-0.2, -0.15) is 0 Å². The maximum Gasteiger partial charge on any atom is 0.255 e. The molecule has 2 amide bonds. The summed E-state index contributed by atoms with van der Waals surface area (Å²) in [6.45, 7) is 1.43. The summed E-state index contributed by atoms with van der Waals surface area (Å²) in [5.41, 5.74) is 2.08. The highest BCUT2D eigenvalue weighted by Crippen LogP contribution is 2.37. The standard InChI is InChI=1S/C23H26N2O5/c1-28-16-10-9-15(20(12-16)29-2)14-25-21(18-7-3-4-8-19(18)23(25)27)22(26)24-13-17-6-5-11-30-17/h3-4,7-10,12,17,21H,5-6,11,13-14H2,1-2H3,(H,24,26)/t17-,21-/m0/s1. The van der Waals surface area contributed by atoms with E-state index >= 15 is 0 Å². The lowest BCUT2D eigenvalue weighted by molar-refractivity contribution is -0.126. The van der Waals surface area contributed by atoms with Crippen LogP contribution in [-0.4, -0.2) is 50.2 Å². The summed E-state index contributed by atoms with van der Waals surface area (Å²) in [5.74, 6) is 0.908. The highest BCUT2D eigenvalue weighted by atomic mass is 16.5.